The van der Waals surface area contributed by atoms with Crippen LogP contribution in [0.25, 0.3) is 22.2 Å². The second-order valence-corrected chi connectivity index (χ2v) is 12.5. The third-order valence-electron chi connectivity index (χ3n) is 6.44. The molecule has 12 nitrogen and oxygen atoms in total. The van der Waals surface area contributed by atoms with Gasteiger partial charge < -0.3 is 24.8 Å². The largest absolute Gasteiger partial charge is 0.495 e. The molecule has 41 heavy (non-hydrogen) atoms. The number of methoxy groups -OCH3 is 2. The average molecular weight is 626 g/mol. The summed E-state index contributed by atoms with van der Waals surface area (Å²) in [5, 5.41) is 6.29. The molecule has 15 heteroatoms. The lowest BCUT2D eigenvalue weighted by Gasteiger charge is -2.20. The molecular weight excluding hydrogens is 595 g/mol. The van der Waals surface area contributed by atoms with Crippen molar-refractivity contribution >= 4 is 56.0 Å². The van der Waals surface area contributed by atoms with Crippen LogP contribution in [0.3, 0.4) is 0 Å². The summed E-state index contributed by atoms with van der Waals surface area (Å²) in [6, 6.07) is 2.61. The number of aromatic nitrogens is 3. The van der Waals surface area contributed by atoms with E-state index >= 15 is 0 Å². The lowest BCUT2D eigenvalue weighted by molar-refractivity contribution is -0.117. The van der Waals surface area contributed by atoms with Gasteiger partial charge in [-0.3, -0.25) is 4.79 Å². The van der Waals surface area contributed by atoms with E-state index in [0.717, 1.165) is 0 Å². The van der Waals surface area contributed by atoms with Gasteiger partial charge >= 0.3 is 0 Å². The molecule has 0 aliphatic carbocycles. The molecule has 1 amide bonds. The molecule has 1 aliphatic heterocycles. The molecule has 0 saturated carbocycles. The number of benzene rings is 1. The maximum absolute atomic E-state index is 12.6. The van der Waals surface area contributed by atoms with Gasteiger partial charge in [0.05, 0.1) is 78.3 Å². The molecule has 0 spiro atoms. The molecule has 3 N–H and O–H groups in total. The number of ether oxygens (including phenoxy) is 3. The predicted molar refractivity (Wildman–Crippen MR) is 157 cm³/mol. The molecule has 1 aliphatic rings. The lowest BCUT2D eigenvalue weighted by atomic mass is 10.1. The topological polar surface area (TPSA) is 154 Å². The van der Waals surface area contributed by atoms with Gasteiger partial charge in [-0.05, 0) is 26.0 Å². The Labute approximate surface area is 247 Å². The van der Waals surface area contributed by atoms with Crippen molar-refractivity contribution in [2.45, 2.75) is 37.7 Å². The number of carbonyl (C=O) groups excluding carboxylic acids is 1. The Morgan fingerprint density at radius 2 is 1.80 bits per heavy atom. The zero-order valence-electron chi connectivity index (χ0n) is 22.8. The Balaban J connectivity index is 1.81. The number of halogens is 2. The average Bonchev–Trinajstić information content (AvgIpc) is 3.37. The van der Waals surface area contributed by atoms with E-state index in [4.69, 9.17) is 42.4 Å². The van der Waals surface area contributed by atoms with Crippen molar-refractivity contribution in [3.63, 3.8) is 0 Å². The van der Waals surface area contributed by atoms with Crippen LogP contribution in [0, 0.1) is 0 Å². The lowest BCUT2D eigenvalue weighted by Crippen LogP contribution is -2.45. The summed E-state index contributed by atoms with van der Waals surface area (Å²) in [5.41, 5.74) is 1.38. The number of anilines is 1. The molecule has 1 saturated heterocycles. The van der Waals surface area contributed by atoms with E-state index in [-0.39, 0.29) is 40.5 Å². The van der Waals surface area contributed by atoms with Gasteiger partial charge in [-0.25, -0.2) is 28.1 Å². The number of hydrogen-bond donors (Lipinski definition) is 3. The van der Waals surface area contributed by atoms with Gasteiger partial charge in [0.2, 0.25) is 21.9 Å². The van der Waals surface area contributed by atoms with Crippen molar-refractivity contribution in [3.8, 4) is 22.8 Å². The van der Waals surface area contributed by atoms with Gasteiger partial charge in [0.25, 0.3) is 0 Å². The van der Waals surface area contributed by atoms with Crippen molar-refractivity contribution in [3.05, 3.63) is 46.7 Å². The minimum absolute atomic E-state index is 0.164. The highest BCUT2D eigenvalue weighted by molar-refractivity contribution is 7.90. The number of carbonyl (C=O) groups is 1. The SMILES string of the molecule is C=CC(=O)N[C@H]1COC[C@H]1Nc1ncc2cc(-c3c(Cl)c(OC)cc(OC)c3Cl)nc(CNS(=O)(=O)C(C)C)c2n1. The molecule has 2 aromatic heterocycles. The Hall–Kier alpha value is -3.23. The molecule has 3 aromatic rings. The quantitative estimate of drug-likeness (QED) is 0.271. The summed E-state index contributed by atoms with van der Waals surface area (Å²) >= 11 is 13.3. The molecule has 220 valence electrons. The number of nitrogens with one attached hydrogen (secondary N) is 3. The fourth-order valence-corrected chi connectivity index (χ4v) is 5.48. The van der Waals surface area contributed by atoms with Gasteiger partial charge in [-0.15, -0.1) is 0 Å². The first kappa shape index (κ1) is 30.7. The van der Waals surface area contributed by atoms with E-state index in [9.17, 15) is 13.2 Å². The van der Waals surface area contributed by atoms with E-state index in [2.05, 4.69) is 31.9 Å². The zero-order chi connectivity index (χ0) is 29.9. The van der Waals surface area contributed by atoms with E-state index in [1.54, 1.807) is 32.2 Å². The molecule has 2 atom stereocenters. The summed E-state index contributed by atoms with van der Waals surface area (Å²) in [4.78, 5) is 25.6. The molecule has 3 heterocycles. The maximum atomic E-state index is 12.6. The number of nitrogens with zero attached hydrogens (tertiary/aromatic N) is 3. The van der Waals surface area contributed by atoms with Crippen molar-refractivity contribution in [2.75, 3.05) is 32.8 Å². The van der Waals surface area contributed by atoms with Crippen molar-refractivity contribution in [1.29, 1.82) is 0 Å². The van der Waals surface area contributed by atoms with Crippen molar-refractivity contribution < 1.29 is 27.4 Å². The van der Waals surface area contributed by atoms with Gasteiger partial charge in [-0.1, -0.05) is 29.8 Å². The van der Waals surface area contributed by atoms with Gasteiger partial charge in [-0.2, -0.15) is 0 Å². The summed E-state index contributed by atoms with van der Waals surface area (Å²) in [6.45, 7) is 7.08. The number of rotatable bonds is 11. The van der Waals surface area contributed by atoms with E-state index in [1.165, 1.54) is 20.3 Å². The monoisotopic (exact) mass is 624 g/mol. The first-order valence-corrected chi connectivity index (χ1v) is 14.8. The van der Waals surface area contributed by atoms with Gasteiger partial charge in [0, 0.05) is 23.2 Å². The highest BCUT2D eigenvalue weighted by Gasteiger charge is 2.30. The molecule has 4 rings (SSSR count). The highest BCUT2D eigenvalue weighted by atomic mass is 35.5. The summed E-state index contributed by atoms with van der Waals surface area (Å²) in [5.74, 6) is 0.557. The summed E-state index contributed by atoms with van der Waals surface area (Å²) in [7, 11) is -0.713. The standard InChI is InChI=1S/C26H30Cl2N6O6S/c1-6-21(35)32-17-11-40-12-18(17)33-26-29-9-14-7-15(22-23(27)19(38-4)8-20(39-5)24(22)28)31-16(25(14)34-26)10-30-41(36,37)13(2)3/h6-9,13,17-18,30H,1,10-12H2,2-5H3,(H,32,35)(H,29,33,34)/t17-,18+/m0/s1. The van der Waals surface area contributed by atoms with Crippen LogP contribution in [0.2, 0.25) is 10.0 Å². The molecule has 0 radical (unpaired) electrons. The molecule has 1 fully saturated rings. The predicted octanol–water partition coefficient (Wildman–Crippen LogP) is 3.33. The third-order valence-corrected chi connectivity index (χ3v) is 8.98. The Kier molecular flexibility index (Phi) is 9.55. The number of fused-ring (bicyclic) bond motifs is 1. The van der Waals surface area contributed by atoms with Crippen LogP contribution in [0.5, 0.6) is 11.5 Å². The van der Waals surface area contributed by atoms with Crippen molar-refractivity contribution in [1.82, 2.24) is 25.0 Å². The normalized spacial score (nSPS) is 17.0. The van der Waals surface area contributed by atoms with Crippen molar-refractivity contribution in [2.24, 2.45) is 0 Å². The van der Waals surface area contributed by atoms with Crippen LogP contribution in [0.1, 0.15) is 19.5 Å². The van der Waals surface area contributed by atoms with Crippen LogP contribution in [0.15, 0.2) is 31.0 Å². The third kappa shape index (κ3) is 6.65. The molecule has 1 aromatic carbocycles. The number of amides is 1. The fraction of sp³-hybridized carbons (Fsp3) is 0.385. The maximum Gasteiger partial charge on any atom is 0.243 e. The van der Waals surface area contributed by atoms with Crippen LogP contribution in [-0.4, -0.2) is 74.0 Å². The van der Waals surface area contributed by atoms with Crippen LogP contribution >= 0.6 is 23.2 Å². The Morgan fingerprint density at radius 1 is 1.15 bits per heavy atom. The second-order valence-electron chi connectivity index (χ2n) is 9.39. The van der Waals surface area contributed by atoms with Gasteiger partial charge in [0.15, 0.2) is 0 Å². The van der Waals surface area contributed by atoms with Crippen LogP contribution in [-0.2, 0) is 26.1 Å². The number of hydrogen-bond acceptors (Lipinski definition) is 10. The highest BCUT2D eigenvalue weighted by Crippen LogP contribution is 2.46. The van der Waals surface area contributed by atoms with Gasteiger partial charge in [0.1, 0.15) is 11.5 Å². The smallest absolute Gasteiger partial charge is 0.243 e. The Bertz CT molecular complexity index is 1560. The zero-order valence-corrected chi connectivity index (χ0v) is 25.2. The molecular formula is C26H30Cl2N6O6S. The summed E-state index contributed by atoms with van der Waals surface area (Å²) < 4.78 is 44.1. The first-order valence-electron chi connectivity index (χ1n) is 12.5. The second kappa shape index (κ2) is 12.7. The number of pyridine rings is 1. The minimum Gasteiger partial charge on any atom is -0.495 e. The van der Waals surface area contributed by atoms with E-state index in [1.807, 2.05) is 0 Å². The van der Waals surface area contributed by atoms with Crippen LogP contribution < -0.4 is 24.8 Å². The minimum atomic E-state index is -3.64. The molecule has 0 bridgehead atoms. The summed E-state index contributed by atoms with van der Waals surface area (Å²) in [6.07, 6.45) is 2.76. The molecule has 0 unspecified atom stereocenters. The van der Waals surface area contributed by atoms with Crippen LogP contribution in [0.4, 0.5) is 5.95 Å². The fourth-order valence-electron chi connectivity index (χ4n) is 4.12. The number of sulfonamides is 1. The van der Waals surface area contributed by atoms with E-state index in [0.29, 0.717) is 52.6 Å². The first-order chi connectivity index (χ1) is 19.5. The van der Waals surface area contributed by atoms with E-state index < -0.39 is 15.3 Å². The Morgan fingerprint density at radius 3 is 2.41 bits per heavy atom.